The van der Waals surface area contributed by atoms with Crippen LogP contribution in [0.2, 0.25) is 10.0 Å². The first-order chi connectivity index (χ1) is 22.0. The van der Waals surface area contributed by atoms with Crippen molar-refractivity contribution in [2.75, 3.05) is 0 Å². The molecule has 2 aromatic heterocycles. The molecule has 6 nitrogen and oxygen atoms in total. The van der Waals surface area contributed by atoms with E-state index < -0.39 is 11.1 Å². The Morgan fingerprint density at radius 2 is 0.978 bits per heavy atom. The zero-order chi connectivity index (χ0) is 32.8. The molecule has 46 heavy (non-hydrogen) atoms. The van der Waals surface area contributed by atoms with Crippen molar-refractivity contribution in [1.82, 2.24) is 9.13 Å². The minimum absolute atomic E-state index is 0.237. The molecule has 0 radical (unpaired) electrons. The molecule has 0 aliphatic rings. The van der Waals surface area contributed by atoms with E-state index in [2.05, 4.69) is 0 Å². The second-order valence-electron chi connectivity index (χ2n) is 10.4. The van der Waals surface area contributed by atoms with Crippen LogP contribution in [0.5, 0.6) is 11.5 Å². The lowest BCUT2D eigenvalue weighted by atomic mass is 10.1. The monoisotopic (exact) mass is 658 g/mol. The standard InChI is InChI=1S/2C18H13ClFNO2/c19-15-5-3-13(4-6-15)14-9-17(22)18(23)21(11-14)10-12-1-7-16(20)8-2-12;19-15-3-1-2-13(8-15)14-9-17(22)18(23)21(11-14)10-12-4-6-16(20)7-5-12/h2*1-9,11,22H,10H2. The Morgan fingerprint density at radius 3 is 1.43 bits per heavy atom. The third-order valence-electron chi connectivity index (χ3n) is 7.00. The Kier molecular flexibility index (Phi) is 10.0. The number of halogens is 4. The molecule has 0 bridgehead atoms. The molecular formula is C36H26Cl2F2N2O4. The van der Waals surface area contributed by atoms with E-state index in [9.17, 15) is 28.6 Å². The third kappa shape index (κ3) is 8.10. The number of nitrogens with zero attached hydrogens (tertiary/aromatic N) is 2. The largest absolute Gasteiger partial charge is 0.503 e. The first-order valence-corrected chi connectivity index (χ1v) is 14.7. The van der Waals surface area contributed by atoms with Crippen molar-refractivity contribution in [3.05, 3.63) is 175 Å². The summed E-state index contributed by atoms with van der Waals surface area (Å²) >= 11 is 11.9. The number of rotatable bonds is 6. The lowest BCUT2D eigenvalue weighted by Crippen LogP contribution is -2.19. The molecule has 0 saturated heterocycles. The summed E-state index contributed by atoms with van der Waals surface area (Å²) in [5.74, 6) is -1.35. The first kappa shape index (κ1) is 32.2. The summed E-state index contributed by atoms with van der Waals surface area (Å²) in [7, 11) is 0. The predicted octanol–water partition coefficient (Wildman–Crippen LogP) is 8.12. The fourth-order valence-electron chi connectivity index (χ4n) is 4.67. The molecule has 0 atom stereocenters. The average molecular weight is 660 g/mol. The molecule has 0 fully saturated rings. The first-order valence-electron chi connectivity index (χ1n) is 13.9. The molecule has 6 rings (SSSR count). The number of pyridine rings is 2. The molecule has 0 amide bonds. The van der Waals surface area contributed by atoms with Crippen LogP contribution in [0, 0.1) is 11.6 Å². The van der Waals surface area contributed by atoms with Gasteiger partial charge in [0.25, 0.3) is 11.1 Å². The van der Waals surface area contributed by atoms with Gasteiger partial charge in [0.15, 0.2) is 11.5 Å². The van der Waals surface area contributed by atoms with Crippen LogP contribution < -0.4 is 11.1 Å². The molecule has 2 N–H and O–H groups in total. The van der Waals surface area contributed by atoms with E-state index in [0.717, 1.165) is 22.3 Å². The molecule has 6 aromatic rings. The van der Waals surface area contributed by atoms with Crippen LogP contribution in [-0.4, -0.2) is 19.3 Å². The van der Waals surface area contributed by atoms with Crippen molar-refractivity contribution >= 4 is 23.2 Å². The minimum atomic E-state index is -0.500. The lowest BCUT2D eigenvalue weighted by molar-refractivity contribution is 0.459. The summed E-state index contributed by atoms with van der Waals surface area (Å²) in [6.45, 7) is 0.481. The molecule has 10 heteroatoms. The number of hydrogen-bond donors (Lipinski definition) is 2. The molecule has 0 saturated carbocycles. The van der Waals surface area contributed by atoms with Gasteiger partial charge in [-0.15, -0.1) is 0 Å². The predicted molar refractivity (Wildman–Crippen MR) is 177 cm³/mol. The SMILES string of the molecule is O=c1c(O)cc(-c2ccc(Cl)cc2)cn1Cc1ccc(F)cc1.O=c1c(O)cc(-c2cccc(Cl)c2)cn1Cc1ccc(F)cc1. The third-order valence-corrected chi connectivity index (χ3v) is 7.49. The molecule has 0 aliphatic heterocycles. The maximum Gasteiger partial charge on any atom is 0.292 e. The number of aromatic hydroxyl groups is 2. The van der Waals surface area contributed by atoms with Crippen molar-refractivity contribution < 1.29 is 19.0 Å². The zero-order valence-electron chi connectivity index (χ0n) is 24.1. The maximum atomic E-state index is 13.0. The van der Waals surface area contributed by atoms with Gasteiger partial charge in [0.2, 0.25) is 0 Å². The number of aromatic nitrogens is 2. The summed E-state index contributed by atoms with van der Waals surface area (Å²) in [5, 5.41) is 21.0. The Hall–Kier alpha value is -5.18. The highest BCUT2D eigenvalue weighted by Crippen LogP contribution is 2.25. The van der Waals surface area contributed by atoms with Gasteiger partial charge in [0.05, 0.1) is 13.1 Å². The molecule has 0 aliphatic carbocycles. The van der Waals surface area contributed by atoms with Gasteiger partial charge in [-0.25, -0.2) is 8.78 Å². The van der Waals surface area contributed by atoms with Crippen LogP contribution in [0.15, 0.2) is 131 Å². The highest BCUT2D eigenvalue weighted by atomic mass is 35.5. The van der Waals surface area contributed by atoms with Gasteiger partial charge in [0, 0.05) is 33.6 Å². The van der Waals surface area contributed by atoms with Gasteiger partial charge in [-0.2, -0.15) is 0 Å². The van der Waals surface area contributed by atoms with E-state index in [0.29, 0.717) is 21.2 Å². The van der Waals surface area contributed by atoms with Crippen LogP contribution in [-0.2, 0) is 13.1 Å². The quantitative estimate of drug-likeness (QED) is 0.189. The van der Waals surface area contributed by atoms with Crippen LogP contribution in [0.4, 0.5) is 8.78 Å². The van der Waals surface area contributed by atoms with Crippen LogP contribution in [0.1, 0.15) is 11.1 Å². The Morgan fingerprint density at radius 1 is 0.522 bits per heavy atom. The minimum Gasteiger partial charge on any atom is -0.503 e. The fourth-order valence-corrected chi connectivity index (χ4v) is 4.99. The molecule has 232 valence electrons. The van der Waals surface area contributed by atoms with Crippen LogP contribution in [0.25, 0.3) is 22.3 Å². The van der Waals surface area contributed by atoms with Crippen molar-refractivity contribution in [3.63, 3.8) is 0 Å². The van der Waals surface area contributed by atoms with Crippen LogP contribution in [0.3, 0.4) is 0 Å². The summed E-state index contributed by atoms with van der Waals surface area (Å²) in [4.78, 5) is 24.2. The van der Waals surface area contributed by atoms with E-state index in [4.69, 9.17) is 23.2 Å². The van der Waals surface area contributed by atoms with Crippen molar-refractivity contribution in [2.24, 2.45) is 0 Å². The van der Waals surface area contributed by atoms with Gasteiger partial charge in [0.1, 0.15) is 11.6 Å². The lowest BCUT2D eigenvalue weighted by Gasteiger charge is -2.10. The summed E-state index contributed by atoms with van der Waals surface area (Å²) in [5.41, 5.74) is 3.52. The van der Waals surface area contributed by atoms with E-state index in [-0.39, 0.29) is 36.2 Å². The van der Waals surface area contributed by atoms with E-state index in [1.807, 2.05) is 18.2 Å². The van der Waals surface area contributed by atoms with E-state index >= 15 is 0 Å². The average Bonchev–Trinajstić information content (AvgIpc) is 3.04. The summed E-state index contributed by atoms with van der Waals surface area (Å²) in [6.07, 6.45) is 3.31. The van der Waals surface area contributed by atoms with Crippen molar-refractivity contribution in [3.8, 4) is 33.8 Å². The van der Waals surface area contributed by atoms with Gasteiger partial charge in [-0.05, 0) is 82.9 Å². The van der Waals surface area contributed by atoms with Gasteiger partial charge in [-0.3, -0.25) is 9.59 Å². The van der Waals surface area contributed by atoms with Gasteiger partial charge < -0.3 is 19.3 Å². The fraction of sp³-hybridized carbons (Fsp3) is 0.0556. The molecule has 2 heterocycles. The second kappa shape index (κ2) is 14.3. The van der Waals surface area contributed by atoms with Crippen molar-refractivity contribution in [2.45, 2.75) is 13.1 Å². The van der Waals surface area contributed by atoms with Crippen molar-refractivity contribution in [1.29, 1.82) is 0 Å². The van der Waals surface area contributed by atoms with E-state index in [1.54, 1.807) is 67.0 Å². The molecular weight excluding hydrogens is 633 g/mol. The molecule has 0 spiro atoms. The molecule has 0 unspecified atom stereocenters. The van der Waals surface area contributed by atoms with Gasteiger partial charge in [-0.1, -0.05) is 71.7 Å². The smallest absolute Gasteiger partial charge is 0.292 e. The van der Waals surface area contributed by atoms with Gasteiger partial charge >= 0.3 is 0 Å². The molecule has 4 aromatic carbocycles. The highest BCUT2D eigenvalue weighted by Gasteiger charge is 2.10. The Bertz CT molecular complexity index is 2100. The van der Waals surface area contributed by atoms with E-state index in [1.165, 1.54) is 45.5 Å². The summed E-state index contributed by atoms with van der Waals surface area (Å²) in [6, 6.07) is 28.8. The summed E-state index contributed by atoms with van der Waals surface area (Å²) < 4.78 is 28.7. The second-order valence-corrected chi connectivity index (χ2v) is 11.2. The number of hydrogen-bond acceptors (Lipinski definition) is 4. The highest BCUT2D eigenvalue weighted by molar-refractivity contribution is 6.31. The Balaban J connectivity index is 0.000000181. The van der Waals surface area contributed by atoms with Crippen LogP contribution >= 0.6 is 23.2 Å². The Labute approximate surface area is 272 Å². The normalized spacial score (nSPS) is 10.7. The topological polar surface area (TPSA) is 84.5 Å². The number of benzene rings is 4. The zero-order valence-corrected chi connectivity index (χ0v) is 25.6. The maximum absolute atomic E-state index is 13.0.